The lowest BCUT2D eigenvalue weighted by atomic mass is 9.89. The number of nitrogen functional groups attached to an aromatic ring is 1. The van der Waals surface area contributed by atoms with Crippen molar-refractivity contribution < 1.29 is 4.74 Å². The first-order valence-corrected chi connectivity index (χ1v) is 6.47. The largest absolute Gasteiger partial charge is 0.399 e. The lowest BCUT2D eigenvalue weighted by Crippen LogP contribution is -2.46. The molecule has 1 aliphatic carbocycles. The highest BCUT2D eigenvalue weighted by molar-refractivity contribution is 5.39. The number of ether oxygens (including phenoxy) is 1. The molecule has 1 aromatic rings. The molecule has 94 valence electrons. The van der Waals surface area contributed by atoms with Crippen molar-refractivity contribution in [3.05, 3.63) is 29.8 Å². The van der Waals surface area contributed by atoms with Gasteiger partial charge in [-0.05, 0) is 50.4 Å². The molecule has 1 aromatic carbocycles. The fraction of sp³-hybridized carbons (Fsp3) is 0.571. The van der Waals surface area contributed by atoms with Gasteiger partial charge in [-0.1, -0.05) is 12.1 Å². The van der Waals surface area contributed by atoms with E-state index in [1.54, 1.807) is 0 Å². The number of hydrogen-bond donors (Lipinski definition) is 2. The molecule has 2 rings (SSSR count). The molecule has 0 saturated heterocycles. The summed E-state index contributed by atoms with van der Waals surface area (Å²) >= 11 is 0. The Labute approximate surface area is 103 Å². The highest BCUT2D eigenvalue weighted by Crippen LogP contribution is 2.23. The smallest absolute Gasteiger partial charge is 0.0604 e. The molecule has 0 amide bonds. The minimum atomic E-state index is 0.494. The van der Waals surface area contributed by atoms with E-state index in [9.17, 15) is 0 Å². The van der Waals surface area contributed by atoms with Crippen molar-refractivity contribution in [2.75, 3.05) is 18.9 Å². The maximum atomic E-state index is 5.65. The summed E-state index contributed by atoms with van der Waals surface area (Å²) in [6, 6.07) is 8.77. The molecule has 3 nitrogen and oxygen atoms in total. The summed E-state index contributed by atoms with van der Waals surface area (Å²) in [6.45, 7) is 3.93. The van der Waals surface area contributed by atoms with Crippen molar-refractivity contribution >= 4 is 5.69 Å². The molecule has 0 radical (unpaired) electrons. The van der Waals surface area contributed by atoms with Crippen LogP contribution in [0.3, 0.4) is 0 Å². The summed E-state index contributed by atoms with van der Waals surface area (Å²) in [5, 5.41) is 3.56. The summed E-state index contributed by atoms with van der Waals surface area (Å²) < 4.78 is 5.53. The Balaban J connectivity index is 1.59. The van der Waals surface area contributed by atoms with Crippen molar-refractivity contribution in [2.45, 2.75) is 38.3 Å². The monoisotopic (exact) mass is 234 g/mol. The average Bonchev–Trinajstić information content (AvgIpc) is 2.28. The highest BCUT2D eigenvalue weighted by atomic mass is 16.5. The Bertz CT molecular complexity index is 331. The van der Waals surface area contributed by atoms with E-state index in [2.05, 4.69) is 24.4 Å². The van der Waals surface area contributed by atoms with Gasteiger partial charge < -0.3 is 15.8 Å². The van der Waals surface area contributed by atoms with Crippen LogP contribution in [0.25, 0.3) is 0 Å². The molecule has 17 heavy (non-hydrogen) atoms. The molecule has 0 heterocycles. The predicted molar refractivity (Wildman–Crippen MR) is 71.0 cm³/mol. The number of rotatable bonds is 6. The lowest BCUT2D eigenvalue weighted by molar-refractivity contribution is -0.00960. The van der Waals surface area contributed by atoms with E-state index in [4.69, 9.17) is 10.5 Å². The van der Waals surface area contributed by atoms with Gasteiger partial charge in [-0.15, -0.1) is 0 Å². The van der Waals surface area contributed by atoms with Crippen LogP contribution in [0.15, 0.2) is 24.3 Å². The van der Waals surface area contributed by atoms with E-state index in [0.717, 1.165) is 38.1 Å². The van der Waals surface area contributed by atoms with Crippen molar-refractivity contribution in [3.63, 3.8) is 0 Å². The van der Waals surface area contributed by atoms with Crippen molar-refractivity contribution in [1.82, 2.24) is 5.32 Å². The number of benzene rings is 1. The van der Waals surface area contributed by atoms with Gasteiger partial charge in [0.25, 0.3) is 0 Å². The third kappa shape index (κ3) is 3.72. The van der Waals surface area contributed by atoms with Gasteiger partial charge in [-0.3, -0.25) is 0 Å². The summed E-state index contributed by atoms with van der Waals surface area (Å²) in [7, 11) is 0. The fourth-order valence-corrected chi connectivity index (χ4v) is 2.21. The first-order valence-electron chi connectivity index (χ1n) is 6.47. The van der Waals surface area contributed by atoms with Crippen LogP contribution < -0.4 is 11.1 Å². The number of anilines is 1. The summed E-state index contributed by atoms with van der Waals surface area (Å²) in [5.74, 6) is 0. The second-order valence-electron chi connectivity index (χ2n) is 4.69. The minimum Gasteiger partial charge on any atom is -0.399 e. The zero-order chi connectivity index (χ0) is 12.1. The van der Waals surface area contributed by atoms with Gasteiger partial charge in [-0.2, -0.15) is 0 Å². The molecule has 1 saturated carbocycles. The van der Waals surface area contributed by atoms with Crippen LogP contribution in [0, 0.1) is 0 Å². The molecular formula is C14H22N2O. The van der Waals surface area contributed by atoms with Crippen molar-refractivity contribution in [2.24, 2.45) is 0 Å². The van der Waals surface area contributed by atoms with Crippen LogP contribution in [0.1, 0.15) is 25.3 Å². The Morgan fingerprint density at radius 1 is 1.29 bits per heavy atom. The van der Waals surface area contributed by atoms with Crippen molar-refractivity contribution in [3.8, 4) is 0 Å². The third-order valence-corrected chi connectivity index (χ3v) is 3.32. The van der Waals surface area contributed by atoms with Gasteiger partial charge in [0.2, 0.25) is 0 Å². The average molecular weight is 234 g/mol. The maximum Gasteiger partial charge on any atom is 0.0604 e. The molecule has 0 aromatic heterocycles. The Hall–Kier alpha value is -1.06. The first-order chi connectivity index (χ1) is 8.28. The van der Waals surface area contributed by atoms with Crippen LogP contribution in [0.4, 0.5) is 5.69 Å². The predicted octanol–water partition coefficient (Wildman–Crippen LogP) is 1.97. The molecule has 0 bridgehead atoms. The first kappa shape index (κ1) is 12.4. The molecule has 3 heteroatoms. The SMILES string of the molecule is CCOC1CC(NCCc2ccc(N)cc2)C1. The zero-order valence-corrected chi connectivity index (χ0v) is 10.5. The van der Waals surface area contributed by atoms with Gasteiger partial charge >= 0.3 is 0 Å². The molecule has 0 spiro atoms. The Kier molecular flexibility index (Phi) is 4.40. The molecular weight excluding hydrogens is 212 g/mol. The standard InChI is InChI=1S/C14H22N2O/c1-2-17-14-9-13(10-14)16-8-7-11-3-5-12(15)6-4-11/h3-6,13-14,16H,2,7-10,15H2,1H3. The molecule has 0 aliphatic heterocycles. The van der Waals surface area contributed by atoms with Crippen LogP contribution >= 0.6 is 0 Å². The minimum absolute atomic E-state index is 0.494. The number of nitrogens with two attached hydrogens (primary N) is 1. The van der Waals surface area contributed by atoms with E-state index < -0.39 is 0 Å². The van der Waals surface area contributed by atoms with Crippen molar-refractivity contribution in [1.29, 1.82) is 0 Å². The second-order valence-corrected chi connectivity index (χ2v) is 4.69. The second kappa shape index (κ2) is 6.03. The van der Waals surface area contributed by atoms with E-state index in [1.807, 2.05) is 12.1 Å². The van der Waals surface area contributed by atoms with Gasteiger partial charge in [0.15, 0.2) is 0 Å². The third-order valence-electron chi connectivity index (χ3n) is 3.32. The fourth-order valence-electron chi connectivity index (χ4n) is 2.21. The number of hydrogen-bond acceptors (Lipinski definition) is 3. The Morgan fingerprint density at radius 3 is 2.65 bits per heavy atom. The zero-order valence-electron chi connectivity index (χ0n) is 10.5. The van der Waals surface area contributed by atoms with Crippen LogP contribution in [0.5, 0.6) is 0 Å². The van der Waals surface area contributed by atoms with E-state index in [-0.39, 0.29) is 0 Å². The molecule has 0 unspecified atom stereocenters. The molecule has 1 fully saturated rings. The maximum absolute atomic E-state index is 5.65. The Morgan fingerprint density at radius 2 is 2.00 bits per heavy atom. The van der Waals surface area contributed by atoms with E-state index >= 15 is 0 Å². The topological polar surface area (TPSA) is 47.3 Å². The van der Waals surface area contributed by atoms with Gasteiger partial charge in [0, 0.05) is 18.3 Å². The van der Waals surface area contributed by atoms with Gasteiger partial charge in [0.1, 0.15) is 0 Å². The van der Waals surface area contributed by atoms with Crippen LogP contribution in [-0.4, -0.2) is 25.3 Å². The van der Waals surface area contributed by atoms with E-state index in [1.165, 1.54) is 5.56 Å². The van der Waals surface area contributed by atoms with Gasteiger partial charge in [0.05, 0.1) is 6.10 Å². The summed E-state index contributed by atoms with van der Waals surface area (Å²) in [5.41, 5.74) is 7.82. The molecule has 0 atom stereocenters. The van der Waals surface area contributed by atoms with Crippen LogP contribution in [-0.2, 0) is 11.2 Å². The van der Waals surface area contributed by atoms with E-state index in [0.29, 0.717) is 12.1 Å². The normalized spacial score (nSPS) is 23.4. The summed E-state index contributed by atoms with van der Waals surface area (Å²) in [6.07, 6.45) is 3.88. The molecule has 3 N–H and O–H groups in total. The lowest BCUT2D eigenvalue weighted by Gasteiger charge is -2.35. The number of nitrogens with one attached hydrogen (secondary N) is 1. The van der Waals surface area contributed by atoms with Crippen LogP contribution in [0.2, 0.25) is 0 Å². The van der Waals surface area contributed by atoms with Gasteiger partial charge in [-0.25, -0.2) is 0 Å². The molecule has 1 aliphatic rings. The quantitative estimate of drug-likeness (QED) is 0.740. The highest BCUT2D eigenvalue weighted by Gasteiger charge is 2.28. The summed E-state index contributed by atoms with van der Waals surface area (Å²) in [4.78, 5) is 0.